The maximum absolute atomic E-state index is 13.2. The van der Waals surface area contributed by atoms with E-state index in [0.29, 0.717) is 6.04 Å². The van der Waals surface area contributed by atoms with E-state index in [9.17, 15) is 4.79 Å². The molecule has 4 rings (SSSR count). The molecule has 1 saturated carbocycles. The molecule has 5 nitrogen and oxygen atoms in total. The number of aromatic amines is 1. The van der Waals surface area contributed by atoms with Crippen molar-refractivity contribution in [2.24, 2.45) is 0 Å². The SMILES string of the molecule is Cc1n[nH]c(C)c1C(C)C(=O)N1CCN(C2CC2)c2ccccc21. The minimum absolute atomic E-state index is 0.158. The Bertz CT molecular complexity index is 758. The van der Waals surface area contributed by atoms with Crippen molar-refractivity contribution >= 4 is 17.3 Å². The largest absolute Gasteiger partial charge is 0.365 e. The number of carbonyl (C=O) groups is 1. The number of nitrogens with one attached hydrogen (secondary N) is 1. The predicted molar refractivity (Wildman–Crippen MR) is 95.6 cm³/mol. The van der Waals surface area contributed by atoms with E-state index in [1.54, 1.807) is 0 Å². The molecule has 5 heteroatoms. The molecule has 2 heterocycles. The average Bonchev–Trinajstić information content (AvgIpc) is 3.38. The van der Waals surface area contributed by atoms with Gasteiger partial charge in [-0.25, -0.2) is 0 Å². The number of benzene rings is 1. The zero-order chi connectivity index (χ0) is 16.8. The fourth-order valence-electron chi connectivity index (χ4n) is 3.93. The molecular weight excluding hydrogens is 300 g/mol. The van der Waals surface area contributed by atoms with Crippen molar-refractivity contribution in [3.63, 3.8) is 0 Å². The molecule has 1 amide bonds. The average molecular weight is 324 g/mol. The summed E-state index contributed by atoms with van der Waals surface area (Å²) in [5.41, 5.74) is 5.18. The number of rotatable bonds is 3. The van der Waals surface area contributed by atoms with Gasteiger partial charge in [0.15, 0.2) is 0 Å². The van der Waals surface area contributed by atoms with Gasteiger partial charge in [-0.05, 0) is 45.7 Å². The van der Waals surface area contributed by atoms with Crippen LogP contribution in [-0.4, -0.2) is 35.2 Å². The molecule has 0 bridgehead atoms. The number of amides is 1. The number of aromatic nitrogens is 2. The number of hydrogen-bond acceptors (Lipinski definition) is 3. The van der Waals surface area contributed by atoms with Crippen molar-refractivity contribution in [3.8, 4) is 0 Å². The Labute approximate surface area is 142 Å². The highest BCUT2D eigenvalue weighted by Crippen LogP contribution is 2.40. The minimum Gasteiger partial charge on any atom is -0.365 e. The van der Waals surface area contributed by atoms with Crippen molar-refractivity contribution < 1.29 is 4.79 Å². The molecule has 2 aliphatic rings. The van der Waals surface area contributed by atoms with Crippen LogP contribution in [0.3, 0.4) is 0 Å². The van der Waals surface area contributed by atoms with Crippen LogP contribution in [0.1, 0.15) is 42.6 Å². The van der Waals surface area contributed by atoms with Gasteiger partial charge in [0.05, 0.1) is 23.0 Å². The Morgan fingerprint density at radius 3 is 2.54 bits per heavy atom. The molecule has 0 saturated heterocycles. The number of nitrogens with zero attached hydrogens (tertiary/aromatic N) is 3. The van der Waals surface area contributed by atoms with Crippen molar-refractivity contribution in [1.82, 2.24) is 10.2 Å². The summed E-state index contributed by atoms with van der Waals surface area (Å²) in [5, 5.41) is 7.24. The Morgan fingerprint density at radius 1 is 1.21 bits per heavy atom. The topological polar surface area (TPSA) is 52.2 Å². The van der Waals surface area contributed by atoms with Gasteiger partial charge in [0, 0.05) is 30.4 Å². The number of fused-ring (bicyclic) bond motifs is 1. The van der Waals surface area contributed by atoms with Crippen LogP contribution in [0.2, 0.25) is 0 Å². The van der Waals surface area contributed by atoms with Gasteiger partial charge in [0.25, 0.3) is 0 Å². The number of carbonyl (C=O) groups excluding carboxylic acids is 1. The molecule has 0 radical (unpaired) electrons. The van der Waals surface area contributed by atoms with E-state index in [-0.39, 0.29) is 11.8 Å². The lowest BCUT2D eigenvalue weighted by Gasteiger charge is -2.39. The van der Waals surface area contributed by atoms with Gasteiger partial charge in [-0.15, -0.1) is 0 Å². The highest BCUT2D eigenvalue weighted by molar-refractivity contribution is 6.01. The molecule has 1 fully saturated rings. The predicted octanol–water partition coefficient (Wildman–Crippen LogP) is 3.15. The second kappa shape index (κ2) is 5.65. The quantitative estimate of drug-likeness (QED) is 0.943. The number of para-hydroxylation sites is 2. The van der Waals surface area contributed by atoms with Gasteiger partial charge in [-0.2, -0.15) is 5.10 Å². The standard InChI is InChI=1S/C19H24N4O/c1-12(18-13(2)20-21-14(18)3)19(24)23-11-10-22(15-8-9-15)16-6-4-5-7-17(16)23/h4-7,12,15H,8-11H2,1-3H3,(H,20,21). The van der Waals surface area contributed by atoms with Crippen LogP contribution in [0.5, 0.6) is 0 Å². The lowest BCUT2D eigenvalue weighted by molar-refractivity contribution is -0.119. The third kappa shape index (κ3) is 2.39. The van der Waals surface area contributed by atoms with Gasteiger partial charge in [-0.3, -0.25) is 9.89 Å². The van der Waals surface area contributed by atoms with E-state index < -0.39 is 0 Å². The summed E-state index contributed by atoms with van der Waals surface area (Å²) in [4.78, 5) is 17.7. The molecule has 1 aromatic carbocycles. The van der Waals surface area contributed by atoms with Gasteiger partial charge in [0.1, 0.15) is 0 Å². The highest BCUT2D eigenvalue weighted by atomic mass is 16.2. The third-order valence-corrected chi connectivity index (χ3v) is 5.29. The maximum Gasteiger partial charge on any atom is 0.234 e. The van der Waals surface area contributed by atoms with E-state index in [0.717, 1.165) is 35.7 Å². The zero-order valence-electron chi connectivity index (χ0n) is 14.5. The Morgan fingerprint density at radius 2 is 1.92 bits per heavy atom. The van der Waals surface area contributed by atoms with E-state index in [2.05, 4.69) is 33.3 Å². The summed E-state index contributed by atoms with van der Waals surface area (Å²) in [6.07, 6.45) is 2.54. The second-order valence-electron chi connectivity index (χ2n) is 6.97. The third-order valence-electron chi connectivity index (χ3n) is 5.29. The van der Waals surface area contributed by atoms with E-state index >= 15 is 0 Å². The summed E-state index contributed by atoms with van der Waals surface area (Å²) in [7, 11) is 0. The van der Waals surface area contributed by atoms with Crippen LogP contribution in [0.25, 0.3) is 0 Å². The molecule has 126 valence electrons. The molecule has 1 unspecified atom stereocenters. The number of hydrogen-bond donors (Lipinski definition) is 1. The van der Waals surface area contributed by atoms with Crippen LogP contribution in [0.4, 0.5) is 11.4 Å². The fraction of sp³-hybridized carbons (Fsp3) is 0.474. The summed E-state index contributed by atoms with van der Waals surface area (Å²) in [6.45, 7) is 7.61. The minimum atomic E-state index is -0.190. The lowest BCUT2D eigenvalue weighted by atomic mass is 9.97. The molecule has 2 aromatic rings. The normalized spacial score (nSPS) is 18.5. The van der Waals surface area contributed by atoms with Crippen molar-refractivity contribution in [2.75, 3.05) is 22.9 Å². The monoisotopic (exact) mass is 324 g/mol. The van der Waals surface area contributed by atoms with Crippen LogP contribution in [-0.2, 0) is 4.79 Å². The molecule has 1 atom stereocenters. The summed E-state index contributed by atoms with van der Waals surface area (Å²) in [6, 6.07) is 8.97. The zero-order valence-corrected chi connectivity index (χ0v) is 14.5. The van der Waals surface area contributed by atoms with E-state index in [4.69, 9.17) is 0 Å². The number of anilines is 2. The van der Waals surface area contributed by atoms with Gasteiger partial charge < -0.3 is 9.80 Å². The summed E-state index contributed by atoms with van der Waals surface area (Å²) >= 11 is 0. The fourth-order valence-corrected chi connectivity index (χ4v) is 3.93. The first kappa shape index (κ1) is 15.2. The van der Waals surface area contributed by atoms with E-state index in [1.165, 1.54) is 18.5 Å². The van der Waals surface area contributed by atoms with Gasteiger partial charge in [-0.1, -0.05) is 12.1 Å². The van der Waals surface area contributed by atoms with Crippen LogP contribution < -0.4 is 9.80 Å². The van der Waals surface area contributed by atoms with E-state index in [1.807, 2.05) is 31.7 Å². The number of aryl methyl sites for hydroxylation is 2. The first-order chi connectivity index (χ1) is 11.6. The Balaban J connectivity index is 1.66. The maximum atomic E-state index is 13.2. The van der Waals surface area contributed by atoms with Crippen LogP contribution >= 0.6 is 0 Å². The Hall–Kier alpha value is -2.30. The van der Waals surface area contributed by atoms with Gasteiger partial charge >= 0.3 is 0 Å². The van der Waals surface area contributed by atoms with Crippen molar-refractivity contribution in [2.45, 2.75) is 45.6 Å². The first-order valence-electron chi connectivity index (χ1n) is 8.76. The molecule has 1 aliphatic carbocycles. The molecule has 1 aliphatic heterocycles. The Kier molecular flexibility index (Phi) is 3.59. The van der Waals surface area contributed by atoms with Crippen molar-refractivity contribution in [1.29, 1.82) is 0 Å². The number of H-pyrrole nitrogens is 1. The molecule has 1 N–H and O–H groups in total. The molecular formula is C19H24N4O. The van der Waals surface area contributed by atoms with Crippen LogP contribution in [0, 0.1) is 13.8 Å². The van der Waals surface area contributed by atoms with Crippen molar-refractivity contribution in [3.05, 3.63) is 41.2 Å². The van der Waals surface area contributed by atoms with Crippen LogP contribution in [0.15, 0.2) is 24.3 Å². The highest BCUT2D eigenvalue weighted by Gasteiger charge is 2.36. The smallest absolute Gasteiger partial charge is 0.234 e. The lowest BCUT2D eigenvalue weighted by Crippen LogP contribution is -2.46. The summed E-state index contributed by atoms with van der Waals surface area (Å²) in [5.74, 6) is -0.0326. The molecule has 1 aromatic heterocycles. The summed E-state index contributed by atoms with van der Waals surface area (Å²) < 4.78 is 0. The first-order valence-corrected chi connectivity index (χ1v) is 8.76. The van der Waals surface area contributed by atoms with Gasteiger partial charge in [0.2, 0.25) is 5.91 Å². The molecule has 24 heavy (non-hydrogen) atoms. The second-order valence-corrected chi connectivity index (χ2v) is 6.97. The molecule has 0 spiro atoms.